The predicted octanol–water partition coefficient (Wildman–Crippen LogP) is 23.7. The topological polar surface area (TPSA) is 32.8 Å². The molecule has 0 N–H and O–H groups in total. The zero-order valence-corrected chi connectivity index (χ0v) is 49.9. The highest BCUT2D eigenvalue weighted by Crippen LogP contribution is 2.63. The fourth-order valence-electron chi connectivity index (χ4n) is 15.1. The van der Waals surface area contributed by atoms with Gasteiger partial charge in [0.2, 0.25) is 0 Å². The summed E-state index contributed by atoms with van der Waals surface area (Å²) in [5.74, 6) is 0. The molecule has 0 saturated heterocycles. The molecule has 0 bridgehead atoms. The Balaban J connectivity index is 0.991. The maximum atomic E-state index is 7.41. The Morgan fingerprint density at radius 2 is 0.539 bits per heavy atom. The van der Waals surface area contributed by atoms with Gasteiger partial charge in [0.25, 0.3) is 0 Å². The molecule has 0 unspecified atom stereocenters. The molecule has 0 amide bonds. The average Bonchev–Trinajstić information content (AvgIpc) is 1.55. The van der Waals surface area contributed by atoms with Crippen molar-refractivity contribution in [2.45, 2.75) is 33.1 Å². The number of para-hydroxylation sites is 6. The SMILES string of the molecule is Cc1ccccc1-c1cccc2c1oc1c(N(c3ccccc3C)c3cc4c(c5ccccc35)-c3c(cc(N(c5ccccc5C)c5cccc6c5oc5c(-c7ccccc7C)cccc56)c5ccccc35)C4(c3ccccc3)c3ccccc3)cccc12. The van der Waals surface area contributed by atoms with Crippen molar-refractivity contribution in [3.63, 3.8) is 0 Å². The highest BCUT2D eigenvalue weighted by molar-refractivity contribution is 6.21. The number of fused-ring (bicyclic) bond motifs is 13. The second kappa shape index (κ2) is 20.5. The first-order valence-electron chi connectivity index (χ1n) is 30.8. The van der Waals surface area contributed by atoms with Crippen LogP contribution in [-0.2, 0) is 5.41 Å². The summed E-state index contributed by atoms with van der Waals surface area (Å²) in [5, 5.41) is 8.88. The van der Waals surface area contributed by atoms with E-state index >= 15 is 0 Å². The van der Waals surface area contributed by atoms with E-state index < -0.39 is 5.41 Å². The van der Waals surface area contributed by atoms with Crippen molar-refractivity contribution in [1.82, 2.24) is 0 Å². The molecule has 2 aromatic heterocycles. The maximum absolute atomic E-state index is 7.41. The predicted molar refractivity (Wildman–Crippen MR) is 373 cm³/mol. The van der Waals surface area contributed by atoms with Crippen LogP contribution < -0.4 is 9.80 Å². The summed E-state index contributed by atoms with van der Waals surface area (Å²) < 4.78 is 14.8. The lowest BCUT2D eigenvalue weighted by Gasteiger charge is -2.36. The van der Waals surface area contributed by atoms with E-state index in [0.29, 0.717) is 0 Å². The van der Waals surface area contributed by atoms with Gasteiger partial charge < -0.3 is 18.6 Å². The summed E-state index contributed by atoms with van der Waals surface area (Å²) in [7, 11) is 0. The number of aryl methyl sites for hydroxylation is 4. The summed E-state index contributed by atoms with van der Waals surface area (Å²) in [4.78, 5) is 4.98. The minimum atomic E-state index is -0.860. The summed E-state index contributed by atoms with van der Waals surface area (Å²) in [6, 6.07) is 107. The molecule has 0 radical (unpaired) electrons. The standard InChI is InChI=1S/C85H60N2O2/c1-53-27-11-15-35-59(53)65-41-23-43-67-69-45-25-49-75(83(69)88-81(65)67)86(73-47-21-13-29-55(73)3)77-51-71-79(63-39-19-17-37-61(63)77)80-64-40-20-18-38-62(64)78(52-72(80)85(71,57-31-7-5-8-32-57)58-33-9-6-10-34-58)87(74-48-22-14-30-56(74)4)76-50-26-46-70-68-44-24-42-66(82(68)89-84(70)76)60-36-16-12-28-54(60)2/h5-52H,1-4H3. The summed E-state index contributed by atoms with van der Waals surface area (Å²) in [6.07, 6.45) is 0. The molecule has 0 aliphatic heterocycles. The van der Waals surface area contributed by atoms with Crippen molar-refractivity contribution in [3.8, 4) is 33.4 Å². The zero-order chi connectivity index (χ0) is 59.5. The summed E-state index contributed by atoms with van der Waals surface area (Å²) >= 11 is 0. The lowest BCUT2D eigenvalue weighted by atomic mass is 9.67. The number of anilines is 6. The zero-order valence-electron chi connectivity index (χ0n) is 49.9. The molecule has 0 fully saturated rings. The largest absolute Gasteiger partial charge is 0.453 e. The van der Waals surface area contributed by atoms with Crippen molar-refractivity contribution in [3.05, 3.63) is 336 Å². The van der Waals surface area contributed by atoms with E-state index in [9.17, 15) is 0 Å². The second-order valence-electron chi connectivity index (χ2n) is 24.0. The van der Waals surface area contributed by atoms with Crippen LogP contribution in [-0.4, -0.2) is 0 Å². The fourth-order valence-corrected chi connectivity index (χ4v) is 15.1. The minimum Gasteiger partial charge on any atom is -0.453 e. The number of furan rings is 2. The molecule has 4 heteroatoms. The molecule has 14 aromatic carbocycles. The van der Waals surface area contributed by atoms with Crippen LogP contribution in [0.5, 0.6) is 0 Å². The van der Waals surface area contributed by atoms with Gasteiger partial charge in [0.15, 0.2) is 11.2 Å². The van der Waals surface area contributed by atoms with Gasteiger partial charge in [-0.2, -0.15) is 0 Å². The molecule has 0 spiro atoms. The monoisotopic (exact) mass is 1140 g/mol. The van der Waals surface area contributed by atoms with Crippen LogP contribution in [0.4, 0.5) is 34.1 Å². The number of hydrogen-bond acceptors (Lipinski definition) is 4. The molecular formula is C85H60N2O2. The van der Waals surface area contributed by atoms with E-state index in [2.05, 4.69) is 329 Å². The van der Waals surface area contributed by atoms with Crippen LogP contribution in [0.1, 0.15) is 44.5 Å². The Hall–Kier alpha value is -11.2. The Kier molecular flexibility index (Phi) is 12.0. The first-order chi connectivity index (χ1) is 43.9. The van der Waals surface area contributed by atoms with Gasteiger partial charge >= 0.3 is 0 Å². The summed E-state index contributed by atoms with van der Waals surface area (Å²) in [6.45, 7) is 8.81. The van der Waals surface area contributed by atoms with Gasteiger partial charge in [-0.3, -0.25) is 0 Å². The van der Waals surface area contributed by atoms with Gasteiger partial charge in [-0.25, -0.2) is 0 Å². The van der Waals surface area contributed by atoms with Crippen LogP contribution in [0, 0.1) is 27.7 Å². The second-order valence-corrected chi connectivity index (χ2v) is 24.0. The molecular weight excluding hydrogens is 1080 g/mol. The molecule has 0 saturated carbocycles. The van der Waals surface area contributed by atoms with Crippen LogP contribution in [0.2, 0.25) is 0 Å². The van der Waals surface area contributed by atoms with Gasteiger partial charge in [0.1, 0.15) is 11.2 Å². The van der Waals surface area contributed by atoms with Gasteiger partial charge in [-0.1, -0.05) is 255 Å². The quantitative estimate of drug-likeness (QED) is 0.137. The molecule has 0 atom stereocenters. The van der Waals surface area contributed by atoms with Crippen LogP contribution in [0.3, 0.4) is 0 Å². The Morgan fingerprint density at radius 3 is 0.944 bits per heavy atom. The molecule has 422 valence electrons. The first-order valence-corrected chi connectivity index (χ1v) is 30.8. The number of rotatable bonds is 10. The summed E-state index contributed by atoms with van der Waals surface area (Å²) in [5.41, 5.74) is 25.1. The molecule has 16 aromatic rings. The Bertz CT molecular complexity index is 5170. The molecule has 1 aliphatic carbocycles. The number of hydrogen-bond donors (Lipinski definition) is 0. The Morgan fingerprint density at radius 1 is 0.236 bits per heavy atom. The van der Waals surface area contributed by atoms with E-state index in [0.717, 1.165) is 133 Å². The van der Waals surface area contributed by atoms with E-state index in [1.165, 1.54) is 44.5 Å². The van der Waals surface area contributed by atoms with Crippen molar-refractivity contribution in [2.24, 2.45) is 0 Å². The van der Waals surface area contributed by atoms with Gasteiger partial charge in [0, 0.05) is 54.8 Å². The minimum absolute atomic E-state index is 0.829. The lowest BCUT2D eigenvalue weighted by molar-refractivity contribution is 0.670. The van der Waals surface area contributed by atoms with E-state index in [-0.39, 0.29) is 0 Å². The molecule has 2 heterocycles. The number of benzene rings is 14. The van der Waals surface area contributed by atoms with E-state index in [1.54, 1.807) is 0 Å². The third-order valence-corrected chi connectivity index (χ3v) is 19.1. The molecule has 89 heavy (non-hydrogen) atoms. The fraction of sp³-hybridized carbons (Fsp3) is 0.0588. The average molecular weight is 1140 g/mol. The van der Waals surface area contributed by atoms with Crippen LogP contribution >= 0.6 is 0 Å². The third-order valence-electron chi connectivity index (χ3n) is 19.1. The number of nitrogens with zero attached hydrogens (tertiary/aromatic N) is 2. The van der Waals surface area contributed by atoms with Crippen molar-refractivity contribution in [1.29, 1.82) is 0 Å². The first kappa shape index (κ1) is 52.2. The molecule has 17 rings (SSSR count). The Labute approximate surface area is 517 Å². The highest BCUT2D eigenvalue weighted by atomic mass is 16.3. The lowest BCUT2D eigenvalue weighted by Crippen LogP contribution is -2.29. The van der Waals surface area contributed by atoms with Gasteiger partial charge in [-0.05, 0) is 142 Å². The molecule has 4 nitrogen and oxygen atoms in total. The third kappa shape index (κ3) is 7.79. The smallest absolute Gasteiger partial charge is 0.159 e. The van der Waals surface area contributed by atoms with Crippen LogP contribution in [0.15, 0.2) is 300 Å². The van der Waals surface area contributed by atoms with Crippen LogP contribution in [0.25, 0.3) is 98.8 Å². The van der Waals surface area contributed by atoms with E-state index in [4.69, 9.17) is 8.83 Å². The molecule has 1 aliphatic rings. The highest BCUT2D eigenvalue weighted by Gasteiger charge is 2.49. The van der Waals surface area contributed by atoms with Crippen molar-refractivity contribution in [2.75, 3.05) is 9.80 Å². The maximum Gasteiger partial charge on any atom is 0.159 e. The van der Waals surface area contributed by atoms with Gasteiger partial charge in [-0.15, -0.1) is 0 Å². The van der Waals surface area contributed by atoms with Gasteiger partial charge in [0.05, 0.1) is 28.2 Å². The van der Waals surface area contributed by atoms with E-state index in [1.807, 2.05) is 0 Å². The van der Waals surface area contributed by atoms with Crippen molar-refractivity contribution < 1.29 is 8.83 Å². The van der Waals surface area contributed by atoms with Crippen molar-refractivity contribution >= 4 is 99.5 Å². The normalized spacial score (nSPS) is 12.6.